The van der Waals surface area contributed by atoms with Gasteiger partial charge in [-0.15, -0.1) is 0 Å². The van der Waals surface area contributed by atoms with E-state index >= 15 is 0 Å². The van der Waals surface area contributed by atoms with Gasteiger partial charge in [0.05, 0.1) is 11.0 Å². The first-order valence-corrected chi connectivity index (χ1v) is 6.36. The van der Waals surface area contributed by atoms with E-state index in [2.05, 4.69) is 15.3 Å². The Hall–Kier alpha value is -2.13. The molecule has 0 aliphatic rings. The van der Waals surface area contributed by atoms with E-state index in [1.54, 1.807) is 0 Å². The number of halogens is 1. The lowest BCUT2D eigenvalue weighted by molar-refractivity contribution is 1.28. The normalized spacial score (nSPS) is 10.6. The van der Waals surface area contributed by atoms with Crippen molar-refractivity contribution in [2.75, 3.05) is 5.32 Å². The molecule has 0 aliphatic heterocycles. The maximum atomic E-state index is 6.15. The van der Waals surface area contributed by atoms with Crippen LogP contribution in [0.25, 0.3) is 11.0 Å². The van der Waals surface area contributed by atoms with Gasteiger partial charge in [-0.3, -0.25) is 0 Å². The van der Waals surface area contributed by atoms with Crippen LogP contribution < -0.4 is 5.32 Å². The molecule has 0 aliphatic carbocycles. The Labute approximate surface area is 116 Å². The summed E-state index contributed by atoms with van der Waals surface area (Å²) in [6, 6.07) is 15.7. The van der Waals surface area contributed by atoms with Crippen LogP contribution in [0.4, 0.5) is 11.5 Å². The number of para-hydroxylation sites is 2. The summed E-state index contributed by atoms with van der Waals surface area (Å²) in [6.07, 6.45) is 0. The summed E-state index contributed by atoms with van der Waals surface area (Å²) in [7, 11) is 0. The largest absolute Gasteiger partial charge is 0.338 e. The van der Waals surface area contributed by atoms with Crippen LogP contribution in [0.2, 0.25) is 5.15 Å². The number of rotatable bonds is 2. The second kappa shape index (κ2) is 4.86. The molecule has 0 bridgehead atoms. The van der Waals surface area contributed by atoms with Crippen molar-refractivity contribution in [3.63, 3.8) is 0 Å². The van der Waals surface area contributed by atoms with Crippen molar-refractivity contribution < 1.29 is 0 Å². The highest BCUT2D eigenvalue weighted by molar-refractivity contribution is 6.32. The maximum Gasteiger partial charge on any atom is 0.172 e. The molecule has 3 rings (SSSR count). The number of hydrogen-bond donors (Lipinski definition) is 1. The number of aromatic nitrogens is 2. The lowest BCUT2D eigenvalue weighted by atomic mass is 10.2. The first-order chi connectivity index (χ1) is 9.22. The average molecular weight is 270 g/mol. The van der Waals surface area contributed by atoms with Gasteiger partial charge in [0.25, 0.3) is 0 Å². The zero-order chi connectivity index (χ0) is 13.2. The Bertz CT molecular complexity index is 723. The van der Waals surface area contributed by atoms with Crippen LogP contribution in [-0.2, 0) is 0 Å². The number of fused-ring (bicyclic) bond motifs is 1. The number of nitrogens with zero attached hydrogens (tertiary/aromatic N) is 2. The van der Waals surface area contributed by atoms with Crippen LogP contribution in [-0.4, -0.2) is 9.97 Å². The first kappa shape index (κ1) is 11.9. The third kappa shape index (κ3) is 2.51. The summed E-state index contributed by atoms with van der Waals surface area (Å²) < 4.78 is 0. The lowest BCUT2D eigenvalue weighted by Crippen LogP contribution is -1.97. The van der Waals surface area contributed by atoms with Gasteiger partial charge < -0.3 is 5.32 Å². The molecule has 0 atom stereocenters. The van der Waals surface area contributed by atoms with Gasteiger partial charge in [0, 0.05) is 5.69 Å². The molecule has 94 valence electrons. The summed E-state index contributed by atoms with van der Waals surface area (Å²) in [5, 5.41) is 3.56. The fourth-order valence-corrected chi connectivity index (χ4v) is 2.01. The van der Waals surface area contributed by atoms with Gasteiger partial charge in [0.2, 0.25) is 0 Å². The van der Waals surface area contributed by atoms with Gasteiger partial charge in [0.15, 0.2) is 11.0 Å². The summed E-state index contributed by atoms with van der Waals surface area (Å²) >= 11 is 6.15. The molecule has 1 heterocycles. The quantitative estimate of drug-likeness (QED) is 0.752. The Morgan fingerprint density at radius 1 is 0.895 bits per heavy atom. The second-order valence-electron chi connectivity index (χ2n) is 4.34. The van der Waals surface area contributed by atoms with Crippen molar-refractivity contribution in [1.82, 2.24) is 9.97 Å². The minimum absolute atomic E-state index is 0.374. The van der Waals surface area contributed by atoms with E-state index in [1.165, 1.54) is 5.56 Å². The van der Waals surface area contributed by atoms with E-state index in [9.17, 15) is 0 Å². The standard InChI is InChI=1S/C15H12ClN3/c1-10-6-8-11(9-7-10)17-15-14(16)18-12-4-2-3-5-13(12)19-15/h2-9H,1H3,(H,17,19). The van der Waals surface area contributed by atoms with Crippen LogP contribution >= 0.6 is 11.6 Å². The summed E-state index contributed by atoms with van der Waals surface area (Å²) in [5.41, 5.74) is 3.77. The lowest BCUT2D eigenvalue weighted by Gasteiger charge is -2.08. The Kier molecular flexibility index (Phi) is 3.05. The molecular weight excluding hydrogens is 258 g/mol. The Morgan fingerprint density at radius 2 is 1.53 bits per heavy atom. The molecule has 0 unspecified atom stereocenters. The topological polar surface area (TPSA) is 37.8 Å². The molecule has 0 saturated carbocycles. The number of anilines is 2. The fourth-order valence-electron chi connectivity index (χ4n) is 1.83. The van der Waals surface area contributed by atoms with Crippen LogP contribution in [0, 0.1) is 6.92 Å². The van der Waals surface area contributed by atoms with Gasteiger partial charge in [0.1, 0.15) is 0 Å². The van der Waals surface area contributed by atoms with Crippen molar-refractivity contribution in [3.8, 4) is 0 Å². The predicted molar refractivity (Wildman–Crippen MR) is 79.0 cm³/mol. The minimum atomic E-state index is 0.374. The molecule has 0 amide bonds. The van der Waals surface area contributed by atoms with Crippen LogP contribution in [0.15, 0.2) is 48.5 Å². The molecular formula is C15H12ClN3. The third-order valence-corrected chi connectivity index (χ3v) is 3.11. The molecule has 3 aromatic rings. The molecule has 0 spiro atoms. The highest BCUT2D eigenvalue weighted by Gasteiger charge is 2.06. The zero-order valence-corrected chi connectivity index (χ0v) is 11.1. The summed E-state index contributed by atoms with van der Waals surface area (Å²) in [5.74, 6) is 0.573. The molecule has 1 aromatic heterocycles. The van der Waals surface area contributed by atoms with Crippen molar-refractivity contribution >= 4 is 34.1 Å². The summed E-state index contributed by atoms with van der Waals surface area (Å²) in [4.78, 5) is 8.82. The highest BCUT2D eigenvalue weighted by atomic mass is 35.5. The number of hydrogen-bond acceptors (Lipinski definition) is 3. The van der Waals surface area contributed by atoms with Crippen molar-refractivity contribution in [2.45, 2.75) is 6.92 Å². The Morgan fingerprint density at radius 3 is 2.21 bits per heavy atom. The number of benzene rings is 2. The van der Waals surface area contributed by atoms with E-state index in [4.69, 9.17) is 11.6 Å². The molecule has 4 heteroatoms. The average Bonchev–Trinajstić information content (AvgIpc) is 2.42. The van der Waals surface area contributed by atoms with E-state index in [0.29, 0.717) is 11.0 Å². The molecule has 0 fully saturated rings. The van der Waals surface area contributed by atoms with Crippen LogP contribution in [0.1, 0.15) is 5.56 Å². The van der Waals surface area contributed by atoms with Crippen molar-refractivity contribution in [1.29, 1.82) is 0 Å². The van der Waals surface area contributed by atoms with E-state index in [-0.39, 0.29) is 0 Å². The van der Waals surface area contributed by atoms with Crippen molar-refractivity contribution in [2.24, 2.45) is 0 Å². The fraction of sp³-hybridized carbons (Fsp3) is 0.0667. The van der Waals surface area contributed by atoms with Crippen LogP contribution in [0.5, 0.6) is 0 Å². The van der Waals surface area contributed by atoms with E-state index < -0.39 is 0 Å². The minimum Gasteiger partial charge on any atom is -0.338 e. The van der Waals surface area contributed by atoms with Gasteiger partial charge in [-0.05, 0) is 31.2 Å². The molecule has 1 N–H and O–H groups in total. The van der Waals surface area contributed by atoms with E-state index in [1.807, 2.05) is 55.5 Å². The molecule has 0 radical (unpaired) electrons. The second-order valence-corrected chi connectivity index (χ2v) is 4.70. The van der Waals surface area contributed by atoms with Gasteiger partial charge >= 0.3 is 0 Å². The molecule has 0 saturated heterocycles. The first-order valence-electron chi connectivity index (χ1n) is 5.98. The third-order valence-electron chi connectivity index (χ3n) is 2.84. The molecule has 2 aromatic carbocycles. The maximum absolute atomic E-state index is 6.15. The highest BCUT2D eigenvalue weighted by Crippen LogP contribution is 2.24. The number of aryl methyl sites for hydroxylation is 1. The van der Waals surface area contributed by atoms with Crippen molar-refractivity contribution in [3.05, 3.63) is 59.2 Å². The zero-order valence-electron chi connectivity index (χ0n) is 10.4. The van der Waals surface area contributed by atoms with E-state index in [0.717, 1.165) is 16.7 Å². The predicted octanol–water partition coefficient (Wildman–Crippen LogP) is 4.34. The van der Waals surface area contributed by atoms with Crippen LogP contribution in [0.3, 0.4) is 0 Å². The SMILES string of the molecule is Cc1ccc(Nc2nc3ccccc3nc2Cl)cc1. The van der Waals surface area contributed by atoms with Gasteiger partial charge in [-0.1, -0.05) is 41.4 Å². The van der Waals surface area contributed by atoms with Gasteiger partial charge in [-0.2, -0.15) is 0 Å². The molecule has 3 nitrogen and oxygen atoms in total. The summed E-state index contributed by atoms with van der Waals surface area (Å²) in [6.45, 7) is 2.05. The smallest absolute Gasteiger partial charge is 0.172 e. The number of nitrogens with one attached hydrogen (secondary N) is 1. The Balaban J connectivity index is 2.00. The van der Waals surface area contributed by atoms with Gasteiger partial charge in [-0.25, -0.2) is 9.97 Å². The molecule has 19 heavy (non-hydrogen) atoms. The monoisotopic (exact) mass is 269 g/mol.